The number of nitrogens with zero attached hydrogens (tertiary/aromatic N) is 4. The van der Waals surface area contributed by atoms with Crippen LogP contribution in [-0.2, 0) is 6.54 Å². The van der Waals surface area contributed by atoms with Crippen LogP contribution in [0.15, 0.2) is 6.20 Å². The van der Waals surface area contributed by atoms with E-state index in [4.69, 9.17) is 0 Å². The maximum Gasteiger partial charge on any atom is 0.185 e. The van der Waals surface area contributed by atoms with E-state index in [1.54, 1.807) is 11.3 Å². The molecule has 1 aliphatic heterocycles. The molecule has 0 bridgehead atoms. The van der Waals surface area contributed by atoms with E-state index in [-0.39, 0.29) is 0 Å². The first-order valence-electron chi connectivity index (χ1n) is 8.88. The molecule has 1 N–H and O–H groups in total. The number of hydrogen-bond donors (Lipinski definition) is 1. The van der Waals surface area contributed by atoms with Crippen molar-refractivity contribution in [2.24, 2.45) is 0 Å². The molecule has 0 radical (unpaired) electrons. The Hall–Kier alpha value is -0.690. The Morgan fingerprint density at radius 2 is 2.09 bits per heavy atom. The number of hydrogen-bond acceptors (Lipinski definition) is 6. The van der Waals surface area contributed by atoms with Gasteiger partial charge in [0, 0.05) is 70.0 Å². The smallest absolute Gasteiger partial charge is 0.185 e. The van der Waals surface area contributed by atoms with Gasteiger partial charge in [0.2, 0.25) is 0 Å². The first-order valence-corrected chi connectivity index (χ1v) is 9.70. The second kappa shape index (κ2) is 7.92. The van der Waals surface area contributed by atoms with Gasteiger partial charge in [-0.15, -0.1) is 11.3 Å². The summed E-state index contributed by atoms with van der Waals surface area (Å²) < 4.78 is 0. The van der Waals surface area contributed by atoms with E-state index < -0.39 is 0 Å². The highest BCUT2D eigenvalue weighted by molar-refractivity contribution is 7.15. The van der Waals surface area contributed by atoms with Crippen molar-refractivity contribution in [1.82, 2.24) is 14.8 Å². The van der Waals surface area contributed by atoms with E-state index in [9.17, 15) is 5.11 Å². The van der Waals surface area contributed by atoms with Crippen LogP contribution in [0.4, 0.5) is 5.13 Å². The van der Waals surface area contributed by atoms with Crippen molar-refractivity contribution in [2.75, 3.05) is 45.2 Å². The normalized spacial score (nSPS) is 24.4. The molecule has 1 aromatic heterocycles. The van der Waals surface area contributed by atoms with Gasteiger partial charge in [0.25, 0.3) is 0 Å². The fourth-order valence-corrected chi connectivity index (χ4v) is 4.87. The van der Waals surface area contributed by atoms with E-state index >= 15 is 0 Å². The number of piperazine rings is 1. The summed E-state index contributed by atoms with van der Waals surface area (Å²) in [6, 6.07) is 1.27. The molecule has 3 rings (SSSR count). The molecule has 2 aliphatic rings. The van der Waals surface area contributed by atoms with Crippen LogP contribution in [0.2, 0.25) is 0 Å². The fourth-order valence-electron chi connectivity index (χ4n) is 4.00. The second-order valence-electron chi connectivity index (χ2n) is 7.08. The van der Waals surface area contributed by atoms with Crippen LogP contribution in [0, 0.1) is 0 Å². The molecule has 6 heteroatoms. The van der Waals surface area contributed by atoms with Crippen molar-refractivity contribution in [3.05, 3.63) is 11.1 Å². The number of aliphatic hydroxyl groups excluding tert-OH is 1. The summed E-state index contributed by atoms with van der Waals surface area (Å²) in [5, 5.41) is 10.5. The predicted octanol–water partition coefficient (Wildman–Crippen LogP) is 2.02. The van der Waals surface area contributed by atoms with Crippen LogP contribution in [0.3, 0.4) is 0 Å². The standard InChI is InChI=1S/C17H30N4OS/c1-19(2)17-18-11-16(23-17)13-20-8-9-21(14-5-3-4-6-14)15(12-20)7-10-22/h11,14-15,22H,3-10,12-13H2,1-2H3/t15-/m0/s1. The van der Waals surface area contributed by atoms with Gasteiger partial charge in [0.15, 0.2) is 5.13 Å². The lowest BCUT2D eigenvalue weighted by Gasteiger charge is -2.44. The summed E-state index contributed by atoms with van der Waals surface area (Å²) in [6.45, 7) is 4.65. The summed E-state index contributed by atoms with van der Waals surface area (Å²) in [5.41, 5.74) is 0. The third-order valence-electron chi connectivity index (χ3n) is 5.17. The molecule has 0 unspecified atom stereocenters. The monoisotopic (exact) mass is 338 g/mol. The van der Waals surface area contributed by atoms with Gasteiger partial charge < -0.3 is 10.0 Å². The molecule has 0 spiro atoms. The van der Waals surface area contributed by atoms with Gasteiger partial charge in [-0.05, 0) is 19.3 Å². The van der Waals surface area contributed by atoms with Gasteiger partial charge >= 0.3 is 0 Å². The highest BCUT2D eigenvalue weighted by Crippen LogP contribution is 2.29. The zero-order valence-electron chi connectivity index (χ0n) is 14.4. The summed E-state index contributed by atoms with van der Waals surface area (Å²) in [7, 11) is 4.08. The van der Waals surface area contributed by atoms with Crippen molar-refractivity contribution in [2.45, 2.75) is 50.7 Å². The molecule has 5 nitrogen and oxygen atoms in total. The lowest BCUT2D eigenvalue weighted by molar-refractivity contribution is 0.0271. The van der Waals surface area contributed by atoms with E-state index in [0.29, 0.717) is 12.6 Å². The topological polar surface area (TPSA) is 42.8 Å². The van der Waals surface area contributed by atoms with Crippen LogP contribution in [-0.4, -0.2) is 72.3 Å². The van der Waals surface area contributed by atoms with Crippen molar-refractivity contribution in [1.29, 1.82) is 0 Å². The zero-order valence-corrected chi connectivity index (χ0v) is 15.3. The van der Waals surface area contributed by atoms with E-state index in [1.165, 1.54) is 30.6 Å². The second-order valence-corrected chi connectivity index (χ2v) is 8.17. The molecule has 2 fully saturated rings. The Morgan fingerprint density at radius 3 is 2.74 bits per heavy atom. The van der Waals surface area contributed by atoms with Gasteiger partial charge in [-0.2, -0.15) is 0 Å². The van der Waals surface area contributed by atoms with Crippen molar-refractivity contribution in [3.8, 4) is 0 Å². The van der Waals surface area contributed by atoms with Gasteiger partial charge in [-0.3, -0.25) is 9.80 Å². The van der Waals surface area contributed by atoms with Crippen molar-refractivity contribution >= 4 is 16.5 Å². The lowest BCUT2D eigenvalue weighted by Crippen LogP contribution is -2.55. The summed E-state index contributed by atoms with van der Waals surface area (Å²) >= 11 is 1.79. The maximum absolute atomic E-state index is 9.46. The molecule has 1 atom stereocenters. The van der Waals surface area contributed by atoms with Gasteiger partial charge in [-0.25, -0.2) is 4.98 Å². The molecule has 1 saturated carbocycles. The minimum Gasteiger partial charge on any atom is -0.396 e. The third kappa shape index (κ3) is 4.24. The third-order valence-corrected chi connectivity index (χ3v) is 6.32. The fraction of sp³-hybridized carbons (Fsp3) is 0.824. The van der Waals surface area contributed by atoms with Gasteiger partial charge in [-0.1, -0.05) is 12.8 Å². The molecule has 23 heavy (non-hydrogen) atoms. The first-order chi connectivity index (χ1) is 11.2. The number of rotatable bonds is 6. The van der Waals surface area contributed by atoms with Crippen LogP contribution < -0.4 is 4.90 Å². The predicted molar refractivity (Wildman–Crippen MR) is 96.2 cm³/mol. The molecule has 1 saturated heterocycles. The average Bonchev–Trinajstić information content (AvgIpc) is 3.19. The number of thiazole rings is 1. The Kier molecular flexibility index (Phi) is 5.91. The van der Waals surface area contributed by atoms with Gasteiger partial charge in [0.05, 0.1) is 0 Å². The van der Waals surface area contributed by atoms with Crippen molar-refractivity contribution in [3.63, 3.8) is 0 Å². The molecular formula is C17H30N4OS. The van der Waals surface area contributed by atoms with E-state index in [1.807, 2.05) is 20.3 Å². The van der Waals surface area contributed by atoms with Crippen molar-refractivity contribution < 1.29 is 5.11 Å². The molecule has 1 aromatic rings. The van der Waals surface area contributed by atoms with E-state index in [0.717, 1.165) is 43.8 Å². The zero-order chi connectivity index (χ0) is 16.2. The molecule has 2 heterocycles. The van der Waals surface area contributed by atoms with Crippen LogP contribution in [0.25, 0.3) is 0 Å². The lowest BCUT2D eigenvalue weighted by atomic mass is 10.0. The largest absolute Gasteiger partial charge is 0.396 e. The van der Waals surface area contributed by atoms with Gasteiger partial charge in [0.1, 0.15) is 0 Å². The summed E-state index contributed by atoms with van der Waals surface area (Å²) in [4.78, 5) is 13.1. The summed E-state index contributed by atoms with van der Waals surface area (Å²) in [5.74, 6) is 0. The summed E-state index contributed by atoms with van der Waals surface area (Å²) in [6.07, 6.45) is 8.38. The molecule has 130 valence electrons. The average molecular weight is 339 g/mol. The van der Waals surface area contributed by atoms with Crippen LogP contribution in [0.1, 0.15) is 37.0 Å². The molecule has 0 aromatic carbocycles. The Bertz CT molecular complexity index is 487. The Morgan fingerprint density at radius 1 is 1.30 bits per heavy atom. The minimum absolute atomic E-state index is 0.299. The quantitative estimate of drug-likeness (QED) is 0.860. The molecule has 1 aliphatic carbocycles. The number of aromatic nitrogens is 1. The van der Waals surface area contributed by atoms with Crippen LogP contribution >= 0.6 is 11.3 Å². The SMILES string of the molecule is CN(C)c1ncc(CN2CCN(C3CCCC3)[C@@H](CCO)C2)s1. The van der Waals surface area contributed by atoms with E-state index in [2.05, 4.69) is 19.7 Å². The highest BCUT2D eigenvalue weighted by atomic mass is 32.1. The molecular weight excluding hydrogens is 308 g/mol. The number of aliphatic hydroxyl groups is 1. The maximum atomic E-state index is 9.46. The molecule has 0 amide bonds. The first kappa shape index (κ1) is 17.1. The Balaban J connectivity index is 1.59. The minimum atomic E-state index is 0.299. The van der Waals surface area contributed by atoms with Crippen LogP contribution in [0.5, 0.6) is 0 Å². The highest BCUT2D eigenvalue weighted by Gasteiger charge is 2.33. The number of anilines is 1. The Labute approximate surface area is 143 Å².